The third-order valence-electron chi connectivity index (χ3n) is 5.87. The number of halogens is 1. The average Bonchev–Trinajstić information content (AvgIpc) is 3.02. The molecule has 2 amide bonds. The molecule has 29 heavy (non-hydrogen) atoms. The first kappa shape index (κ1) is 20.2. The highest BCUT2D eigenvalue weighted by Crippen LogP contribution is 2.36. The molecule has 154 valence electrons. The molecule has 0 spiro atoms. The Morgan fingerprint density at radius 3 is 2.52 bits per heavy atom. The number of urea groups is 1. The third kappa shape index (κ3) is 4.57. The van der Waals surface area contributed by atoms with E-state index in [1.54, 1.807) is 12.0 Å². The van der Waals surface area contributed by atoms with Gasteiger partial charge in [-0.25, -0.2) is 4.79 Å². The minimum Gasteiger partial charge on any atom is -0.497 e. The van der Waals surface area contributed by atoms with E-state index in [1.807, 2.05) is 24.3 Å². The summed E-state index contributed by atoms with van der Waals surface area (Å²) in [4.78, 5) is 17.0. The maximum atomic E-state index is 12.9. The molecule has 4 rings (SSSR count). The monoisotopic (exact) mass is 459 g/mol. The highest BCUT2D eigenvalue weighted by atomic mass is 79.9. The van der Waals surface area contributed by atoms with Gasteiger partial charge in [-0.15, -0.1) is 0 Å². The predicted molar refractivity (Wildman–Crippen MR) is 116 cm³/mol. The highest BCUT2D eigenvalue weighted by Gasteiger charge is 2.40. The molecule has 0 unspecified atom stereocenters. The molecule has 2 aromatic rings. The molecule has 0 saturated carbocycles. The maximum Gasteiger partial charge on any atom is 0.321 e. The van der Waals surface area contributed by atoms with Gasteiger partial charge in [-0.2, -0.15) is 0 Å². The van der Waals surface area contributed by atoms with Gasteiger partial charge >= 0.3 is 6.03 Å². The van der Waals surface area contributed by atoms with Gasteiger partial charge in [-0.3, -0.25) is 4.90 Å². The molecule has 2 saturated heterocycles. The van der Waals surface area contributed by atoms with E-state index in [1.165, 1.54) is 5.56 Å². The van der Waals surface area contributed by atoms with Crippen LogP contribution in [-0.4, -0.2) is 66.4 Å². The van der Waals surface area contributed by atoms with Crippen molar-refractivity contribution in [3.63, 3.8) is 0 Å². The summed E-state index contributed by atoms with van der Waals surface area (Å²) in [5.74, 6) is 1.09. The Hall–Kier alpha value is -2.09. The fourth-order valence-electron chi connectivity index (χ4n) is 4.41. The van der Waals surface area contributed by atoms with Crippen molar-refractivity contribution in [3.8, 4) is 5.75 Å². The number of aliphatic hydroxyl groups excluding tert-OH is 1. The van der Waals surface area contributed by atoms with Crippen molar-refractivity contribution >= 4 is 27.6 Å². The fourth-order valence-corrected chi connectivity index (χ4v) is 4.68. The molecule has 2 fully saturated rings. The van der Waals surface area contributed by atoms with Crippen molar-refractivity contribution < 1.29 is 14.6 Å². The van der Waals surface area contributed by atoms with Gasteiger partial charge in [0.05, 0.1) is 13.2 Å². The van der Waals surface area contributed by atoms with Gasteiger partial charge in [0.15, 0.2) is 0 Å². The second-order valence-corrected chi connectivity index (χ2v) is 8.64. The standard InChI is InChI=1S/C22H26BrN3O3/c1-29-19-8-6-17(7-9-19)24-22(28)26-13-18(27)12-25-11-10-20(21(25)14-26)15-2-4-16(23)5-3-15/h2-9,18,20-21,27H,10-14H2,1H3,(H,24,28)/t18-,20+,21-/m0/s1. The number of aliphatic hydroxyl groups is 1. The highest BCUT2D eigenvalue weighted by molar-refractivity contribution is 9.10. The second-order valence-electron chi connectivity index (χ2n) is 7.73. The third-order valence-corrected chi connectivity index (χ3v) is 6.40. The lowest BCUT2D eigenvalue weighted by Gasteiger charge is -2.29. The molecule has 2 aromatic carbocycles. The van der Waals surface area contributed by atoms with Crippen LogP contribution < -0.4 is 10.1 Å². The molecule has 2 aliphatic heterocycles. The van der Waals surface area contributed by atoms with Gasteiger partial charge in [0, 0.05) is 41.8 Å². The lowest BCUT2D eigenvalue weighted by Crippen LogP contribution is -2.43. The molecule has 6 nitrogen and oxygen atoms in total. The normalized spacial score (nSPS) is 24.7. The number of rotatable bonds is 3. The average molecular weight is 460 g/mol. The first-order chi connectivity index (χ1) is 14.0. The molecule has 3 atom stereocenters. The Morgan fingerprint density at radius 1 is 1.10 bits per heavy atom. The van der Waals surface area contributed by atoms with Crippen LogP contribution in [0.5, 0.6) is 5.75 Å². The van der Waals surface area contributed by atoms with Crippen LogP contribution in [0.1, 0.15) is 17.9 Å². The maximum absolute atomic E-state index is 12.9. The smallest absolute Gasteiger partial charge is 0.321 e. The summed E-state index contributed by atoms with van der Waals surface area (Å²) in [5.41, 5.74) is 2.00. The Kier molecular flexibility index (Phi) is 6.08. The van der Waals surface area contributed by atoms with Gasteiger partial charge in [-0.1, -0.05) is 28.1 Å². The van der Waals surface area contributed by atoms with Crippen LogP contribution in [0.15, 0.2) is 53.0 Å². The SMILES string of the molecule is COc1ccc(NC(=O)N2C[C@@H](O)CN3CC[C@H](c4ccc(Br)cc4)[C@@H]3C2)cc1. The van der Waals surface area contributed by atoms with E-state index in [2.05, 4.69) is 50.4 Å². The summed E-state index contributed by atoms with van der Waals surface area (Å²) in [5, 5.41) is 13.4. The molecule has 0 aromatic heterocycles. The number of carbonyl (C=O) groups is 1. The number of methoxy groups -OCH3 is 1. The minimum absolute atomic E-state index is 0.183. The number of anilines is 1. The largest absolute Gasteiger partial charge is 0.497 e. The number of ether oxygens (including phenoxy) is 1. The van der Waals surface area contributed by atoms with Gasteiger partial charge in [-0.05, 0) is 54.9 Å². The minimum atomic E-state index is -0.551. The van der Waals surface area contributed by atoms with Crippen LogP contribution in [0, 0.1) is 0 Å². The number of fused-ring (bicyclic) bond motifs is 1. The van der Waals surface area contributed by atoms with E-state index in [9.17, 15) is 9.90 Å². The van der Waals surface area contributed by atoms with Crippen LogP contribution in [0.4, 0.5) is 10.5 Å². The Morgan fingerprint density at radius 2 is 1.83 bits per heavy atom. The molecule has 2 aliphatic rings. The molecule has 0 radical (unpaired) electrons. The van der Waals surface area contributed by atoms with Crippen molar-refractivity contribution in [2.45, 2.75) is 24.5 Å². The molecule has 0 aliphatic carbocycles. The zero-order valence-electron chi connectivity index (χ0n) is 16.4. The number of carbonyl (C=O) groups excluding carboxylic acids is 1. The van der Waals surface area contributed by atoms with Gasteiger partial charge in [0.2, 0.25) is 0 Å². The summed E-state index contributed by atoms with van der Waals surface area (Å²) < 4.78 is 6.23. The van der Waals surface area contributed by atoms with E-state index in [0.717, 1.165) is 23.2 Å². The van der Waals surface area contributed by atoms with Crippen LogP contribution in [0.2, 0.25) is 0 Å². The van der Waals surface area contributed by atoms with Crippen molar-refractivity contribution in [2.24, 2.45) is 0 Å². The topological polar surface area (TPSA) is 65.0 Å². The van der Waals surface area contributed by atoms with E-state index in [4.69, 9.17) is 4.74 Å². The number of hydrogen-bond acceptors (Lipinski definition) is 4. The Bertz CT molecular complexity index is 843. The van der Waals surface area contributed by atoms with Crippen LogP contribution >= 0.6 is 15.9 Å². The number of nitrogens with one attached hydrogen (secondary N) is 1. The van der Waals surface area contributed by atoms with Gasteiger partial charge in [0.1, 0.15) is 5.75 Å². The van der Waals surface area contributed by atoms with Crippen molar-refractivity contribution in [2.75, 3.05) is 38.6 Å². The van der Waals surface area contributed by atoms with Crippen molar-refractivity contribution in [1.29, 1.82) is 0 Å². The van der Waals surface area contributed by atoms with Crippen molar-refractivity contribution in [1.82, 2.24) is 9.80 Å². The van der Waals surface area contributed by atoms with Crippen LogP contribution in [0.25, 0.3) is 0 Å². The van der Waals surface area contributed by atoms with E-state index < -0.39 is 6.10 Å². The molecule has 2 heterocycles. The molecular formula is C22H26BrN3O3. The fraction of sp³-hybridized carbons (Fsp3) is 0.409. The summed E-state index contributed by atoms with van der Waals surface area (Å²) in [6, 6.07) is 15.7. The number of hydrogen-bond donors (Lipinski definition) is 2. The van der Waals surface area contributed by atoms with Gasteiger partial charge in [0.25, 0.3) is 0 Å². The predicted octanol–water partition coefficient (Wildman–Crippen LogP) is 3.52. The number of amides is 2. The van der Waals surface area contributed by atoms with E-state index in [-0.39, 0.29) is 12.1 Å². The zero-order chi connectivity index (χ0) is 20.4. The summed E-state index contributed by atoms with van der Waals surface area (Å²) in [6.07, 6.45) is 0.484. The zero-order valence-corrected chi connectivity index (χ0v) is 18.0. The number of benzene rings is 2. The summed E-state index contributed by atoms with van der Waals surface area (Å²) >= 11 is 3.50. The molecule has 0 bridgehead atoms. The molecule has 2 N–H and O–H groups in total. The van der Waals surface area contributed by atoms with Crippen molar-refractivity contribution in [3.05, 3.63) is 58.6 Å². The number of nitrogens with zero attached hydrogens (tertiary/aromatic N) is 2. The number of β-amino-alcohol motifs (C(OH)–C–C–N with tert-alkyl or cyclic N) is 1. The Labute approximate surface area is 179 Å². The van der Waals surface area contributed by atoms with Crippen LogP contribution in [0.3, 0.4) is 0 Å². The summed E-state index contributed by atoms with van der Waals surface area (Å²) in [6.45, 7) is 2.47. The van der Waals surface area contributed by atoms with E-state index >= 15 is 0 Å². The lowest BCUT2D eigenvalue weighted by atomic mass is 9.91. The molecular weight excluding hydrogens is 434 g/mol. The first-order valence-corrected chi connectivity index (χ1v) is 10.7. The van der Waals surface area contributed by atoms with Gasteiger partial charge < -0.3 is 20.1 Å². The lowest BCUT2D eigenvalue weighted by molar-refractivity contribution is 0.115. The van der Waals surface area contributed by atoms with Crippen LogP contribution in [-0.2, 0) is 0 Å². The summed E-state index contributed by atoms with van der Waals surface area (Å²) in [7, 11) is 1.61. The van der Waals surface area contributed by atoms with E-state index in [0.29, 0.717) is 31.2 Å². The Balaban J connectivity index is 1.50. The quantitative estimate of drug-likeness (QED) is 0.736. The second kappa shape index (κ2) is 8.73. The molecule has 7 heteroatoms. The first-order valence-electron chi connectivity index (χ1n) is 9.91.